The zero-order chi connectivity index (χ0) is 28.2. The first-order valence-corrected chi connectivity index (χ1v) is 14.6. The van der Waals surface area contributed by atoms with E-state index in [0.717, 1.165) is 25.7 Å². The molecule has 0 heterocycles. The minimum absolute atomic E-state index is 0.0337. The zero-order valence-corrected chi connectivity index (χ0v) is 24.0. The van der Waals surface area contributed by atoms with E-state index in [-0.39, 0.29) is 19.1 Å². The van der Waals surface area contributed by atoms with Crippen molar-refractivity contribution in [3.8, 4) is 0 Å². The summed E-state index contributed by atoms with van der Waals surface area (Å²) >= 11 is 0. The van der Waals surface area contributed by atoms with Crippen LogP contribution in [-0.2, 0) is 19.1 Å². The van der Waals surface area contributed by atoms with Gasteiger partial charge in [0.2, 0.25) is 5.91 Å². The predicted octanol–water partition coefficient (Wildman–Crippen LogP) is 4.42. The maximum absolute atomic E-state index is 11.4. The number of ether oxygens (including phenoxy) is 2. The molecule has 224 valence electrons. The summed E-state index contributed by atoms with van der Waals surface area (Å²) in [7, 11) is 0. The van der Waals surface area contributed by atoms with E-state index < -0.39 is 5.97 Å². The summed E-state index contributed by atoms with van der Waals surface area (Å²) in [5, 5.41) is 27.8. The molecule has 0 bridgehead atoms. The number of amides is 1. The summed E-state index contributed by atoms with van der Waals surface area (Å²) in [6, 6.07) is 0. The number of carboxylic acid groups (broad SMARTS) is 1. The first kappa shape index (κ1) is 40.2. The summed E-state index contributed by atoms with van der Waals surface area (Å²) in [6.45, 7) is 7.36. The van der Waals surface area contributed by atoms with Crippen LogP contribution in [-0.4, -0.2) is 79.9 Å². The van der Waals surface area contributed by atoms with Gasteiger partial charge in [-0.05, 0) is 12.8 Å². The van der Waals surface area contributed by atoms with Crippen LogP contribution in [0.25, 0.3) is 0 Å². The Morgan fingerprint density at radius 1 is 0.649 bits per heavy atom. The number of unbranched alkanes of at least 4 members (excludes halogenated alkanes) is 12. The quantitative estimate of drug-likeness (QED) is 0.108. The SMILES string of the molecule is CCCCCCCCCC(=O)NCCOCCO.CCCCCCCCCC(=O)O.NCCOCCO. The number of carbonyl (C=O) groups excluding carboxylic acids is 1. The minimum atomic E-state index is -0.663. The normalized spacial score (nSPS) is 10.2. The lowest BCUT2D eigenvalue weighted by atomic mass is 10.1. The van der Waals surface area contributed by atoms with E-state index in [1.165, 1.54) is 64.2 Å². The first-order valence-electron chi connectivity index (χ1n) is 14.6. The molecule has 0 fully saturated rings. The molecule has 9 nitrogen and oxygen atoms in total. The predicted molar refractivity (Wildman–Crippen MR) is 151 cm³/mol. The highest BCUT2D eigenvalue weighted by Gasteiger charge is 2.00. The fourth-order valence-corrected chi connectivity index (χ4v) is 3.24. The molecule has 0 unspecified atom stereocenters. The third-order valence-electron chi connectivity index (χ3n) is 5.30. The van der Waals surface area contributed by atoms with Crippen molar-refractivity contribution < 1.29 is 34.4 Å². The molecule has 0 saturated heterocycles. The van der Waals surface area contributed by atoms with Gasteiger partial charge in [-0.25, -0.2) is 0 Å². The third-order valence-corrected chi connectivity index (χ3v) is 5.30. The van der Waals surface area contributed by atoms with E-state index in [0.29, 0.717) is 52.4 Å². The van der Waals surface area contributed by atoms with E-state index >= 15 is 0 Å². The van der Waals surface area contributed by atoms with Gasteiger partial charge in [-0.1, -0.05) is 90.9 Å². The lowest BCUT2D eigenvalue weighted by molar-refractivity contribution is -0.137. The largest absolute Gasteiger partial charge is 0.481 e. The van der Waals surface area contributed by atoms with Crippen LogP contribution in [0.3, 0.4) is 0 Å². The Morgan fingerprint density at radius 3 is 1.51 bits per heavy atom. The van der Waals surface area contributed by atoms with Gasteiger partial charge in [0.15, 0.2) is 0 Å². The lowest BCUT2D eigenvalue weighted by Gasteiger charge is -2.05. The fourth-order valence-electron chi connectivity index (χ4n) is 3.24. The van der Waals surface area contributed by atoms with Crippen molar-refractivity contribution in [2.24, 2.45) is 5.73 Å². The monoisotopic (exact) mass is 536 g/mol. The molecule has 0 aliphatic rings. The zero-order valence-electron chi connectivity index (χ0n) is 24.0. The van der Waals surface area contributed by atoms with Gasteiger partial charge >= 0.3 is 5.97 Å². The smallest absolute Gasteiger partial charge is 0.303 e. The second kappa shape index (κ2) is 39.3. The number of rotatable bonds is 25. The van der Waals surface area contributed by atoms with Crippen LogP contribution < -0.4 is 11.1 Å². The Balaban J connectivity index is -0.000000522. The molecule has 0 atom stereocenters. The number of aliphatic carboxylic acids is 1. The number of nitrogens with two attached hydrogens (primary N) is 1. The summed E-state index contributed by atoms with van der Waals surface area (Å²) in [5.41, 5.74) is 5.06. The fraction of sp³-hybridized carbons (Fsp3) is 0.929. The van der Waals surface area contributed by atoms with Crippen molar-refractivity contribution in [3.05, 3.63) is 0 Å². The van der Waals surface area contributed by atoms with Crippen LogP contribution in [0.5, 0.6) is 0 Å². The maximum Gasteiger partial charge on any atom is 0.303 e. The summed E-state index contributed by atoms with van der Waals surface area (Å²) in [5.74, 6) is -0.556. The minimum Gasteiger partial charge on any atom is -0.481 e. The maximum atomic E-state index is 11.4. The van der Waals surface area contributed by atoms with E-state index in [4.69, 9.17) is 30.5 Å². The summed E-state index contributed by atoms with van der Waals surface area (Å²) in [4.78, 5) is 21.5. The van der Waals surface area contributed by atoms with Crippen LogP contribution in [0.2, 0.25) is 0 Å². The lowest BCUT2D eigenvalue weighted by Crippen LogP contribution is -2.27. The molecule has 0 radical (unpaired) electrons. The molecule has 0 rings (SSSR count). The summed E-state index contributed by atoms with van der Waals surface area (Å²) < 4.78 is 9.81. The number of aliphatic hydroxyl groups is 2. The van der Waals surface area contributed by atoms with Crippen LogP contribution in [0.15, 0.2) is 0 Å². The first-order chi connectivity index (χ1) is 18.0. The van der Waals surface area contributed by atoms with E-state index in [1.54, 1.807) is 0 Å². The number of aliphatic hydroxyl groups excluding tert-OH is 2. The van der Waals surface area contributed by atoms with Crippen molar-refractivity contribution in [2.75, 3.05) is 52.7 Å². The van der Waals surface area contributed by atoms with Gasteiger partial charge in [0.05, 0.1) is 39.6 Å². The van der Waals surface area contributed by atoms with Gasteiger partial charge in [0.25, 0.3) is 0 Å². The molecule has 9 heteroatoms. The van der Waals surface area contributed by atoms with Gasteiger partial charge in [-0.15, -0.1) is 0 Å². The van der Waals surface area contributed by atoms with Crippen molar-refractivity contribution in [1.29, 1.82) is 0 Å². The van der Waals surface area contributed by atoms with E-state index in [1.807, 2.05) is 0 Å². The highest BCUT2D eigenvalue weighted by atomic mass is 16.5. The number of nitrogens with one attached hydrogen (secondary N) is 1. The molecule has 0 aromatic heterocycles. The van der Waals surface area contributed by atoms with Crippen LogP contribution in [0, 0.1) is 0 Å². The molecule has 0 spiro atoms. The number of hydrogen-bond acceptors (Lipinski definition) is 7. The molecular weight excluding hydrogens is 476 g/mol. The molecule has 6 N–H and O–H groups in total. The Kier molecular flexibility index (Phi) is 42.7. The average Bonchev–Trinajstić information content (AvgIpc) is 2.88. The number of carboxylic acids is 1. The molecule has 37 heavy (non-hydrogen) atoms. The number of carbonyl (C=O) groups is 2. The Labute approximate surface area is 226 Å². The molecule has 0 aliphatic carbocycles. The summed E-state index contributed by atoms with van der Waals surface area (Å²) in [6.07, 6.45) is 17.9. The highest BCUT2D eigenvalue weighted by molar-refractivity contribution is 5.75. The Bertz CT molecular complexity index is 437. The van der Waals surface area contributed by atoms with Gasteiger partial charge in [-0.3, -0.25) is 9.59 Å². The second-order valence-electron chi connectivity index (χ2n) is 8.95. The van der Waals surface area contributed by atoms with Crippen molar-refractivity contribution in [3.63, 3.8) is 0 Å². The van der Waals surface area contributed by atoms with Gasteiger partial charge < -0.3 is 35.8 Å². The van der Waals surface area contributed by atoms with Crippen molar-refractivity contribution in [1.82, 2.24) is 5.32 Å². The highest BCUT2D eigenvalue weighted by Crippen LogP contribution is 2.09. The van der Waals surface area contributed by atoms with Crippen LogP contribution in [0.4, 0.5) is 0 Å². The second-order valence-corrected chi connectivity index (χ2v) is 8.95. The van der Waals surface area contributed by atoms with Gasteiger partial charge in [0, 0.05) is 25.9 Å². The van der Waals surface area contributed by atoms with E-state index in [2.05, 4.69) is 19.2 Å². The number of hydrogen-bond donors (Lipinski definition) is 5. The Morgan fingerprint density at radius 2 is 1.08 bits per heavy atom. The molecule has 0 aromatic rings. The molecular formula is C28H60N2O7. The van der Waals surface area contributed by atoms with E-state index in [9.17, 15) is 9.59 Å². The molecule has 0 aliphatic heterocycles. The topological polar surface area (TPSA) is 151 Å². The van der Waals surface area contributed by atoms with Gasteiger partial charge in [0.1, 0.15) is 0 Å². The van der Waals surface area contributed by atoms with Gasteiger partial charge in [-0.2, -0.15) is 0 Å². The van der Waals surface area contributed by atoms with Crippen molar-refractivity contribution in [2.45, 2.75) is 117 Å². The average molecular weight is 537 g/mol. The molecule has 0 saturated carbocycles. The Hall–Kier alpha value is -1.26. The van der Waals surface area contributed by atoms with Crippen LogP contribution in [0.1, 0.15) is 117 Å². The molecule has 1 amide bonds. The third kappa shape index (κ3) is 48.4. The van der Waals surface area contributed by atoms with Crippen molar-refractivity contribution >= 4 is 11.9 Å². The standard InChI is InChI=1S/C14H29NO3.C10H20O2.C4H11NO2/c1-2-3-4-5-6-7-8-9-14(17)15-10-12-18-13-11-16;1-2-3-4-5-6-7-8-9-10(11)12;5-1-3-7-4-2-6/h16H,2-13H2,1H3,(H,15,17);2-9H2,1H3,(H,11,12);6H,1-5H2. The van der Waals surface area contributed by atoms with Crippen LogP contribution >= 0.6 is 0 Å². The molecule has 0 aromatic carbocycles.